The maximum atomic E-state index is 11.7. The van der Waals surface area contributed by atoms with Gasteiger partial charge < -0.3 is 10.1 Å². The SMILES string of the molecule is CC(C)C(=O)N[C@@H](Oc1ccccc1Cl)C(Cl)(Cl)Cl. The molecule has 1 atom stereocenters. The number of halogens is 4. The summed E-state index contributed by atoms with van der Waals surface area (Å²) >= 11 is 23.3. The fraction of sp³-hybridized carbons (Fsp3) is 0.417. The van der Waals surface area contributed by atoms with Gasteiger partial charge in [0.05, 0.1) is 5.02 Å². The third-order valence-corrected chi connectivity index (χ3v) is 3.08. The molecular weight excluding hydrogens is 332 g/mol. The van der Waals surface area contributed by atoms with Crippen LogP contribution in [0.5, 0.6) is 5.75 Å². The molecule has 0 unspecified atom stereocenters. The molecule has 0 bridgehead atoms. The van der Waals surface area contributed by atoms with Gasteiger partial charge in [-0.3, -0.25) is 4.79 Å². The number of carbonyl (C=O) groups excluding carboxylic acids is 1. The van der Waals surface area contributed by atoms with Gasteiger partial charge in [-0.05, 0) is 12.1 Å². The smallest absolute Gasteiger partial charge is 0.246 e. The van der Waals surface area contributed by atoms with Gasteiger partial charge in [0.25, 0.3) is 0 Å². The third-order valence-electron chi connectivity index (χ3n) is 2.18. The summed E-state index contributed by atoms with van der Waals surface area (Å²) in [6.45, 7) is 3.44. The summed E-state index contributed by atoms with van der Waals surface area (Å²) in [6.07, 6.45) is -1.13. The molecule has 0 saturated heterocycles. The van der Waals surface area contributed by atoms with Gasteiger partial charge in [0.15, 0.2) is 0 Å². The summed E-state index contributed by atoms with van der Waals surface area (Å²) in [7, 11) is 0. The predicted octanol–water partition coefficient (Wildman–Crippen LogP) is 4.19. The van der Waals surface area contributed by atoms with E-state index >= 15 is 0 Å². The number of ether oxygens (including phenoxy) is 1. The molecule has 3 nitrogen and oxygen atoms in total. The Balaban J connectivity index is 2.88. The van der Waals surface area contributed by atoms with E-state index in [1.54, 1.807) is 38.1 Å². The summed E-state index contributed by atoms with van der Waals surface area (Å²) in [5, 5.41) is 2.88. The lowest BCUT2D eigenvalue weighted by molar-refractivity contribution is -0.126. The summed E-state index contributed by atoms with van der Waals surface area (Å²) in [5.74, 6) is -0.224. The van der Waals surface area contributed by atoms with E-state index in [-0.39, 0.29) is 11.8 Å². The number of nitrogens with one attached hydrogen (secondary N) is 1. The minimum atomic E-state index is -1.82. The topological polar surface area (TPSA) is 38.3 Å². The summed E-state index contributed by atoms with van der Waals surface area (Å²) in [5.41, 5.74) is 0. The number of para-hydroxylation sites is 1. The van der Waals surface area contributed by atoms with Crippen molar-refractivity contribution in [3.63, 3.8) is 0 Å². The van der Waals surface area contributed by atoms with Gasteiger partial charge in [0.2, 0.25) is 15.9 Å². The molecule has 106 valence electrons. The van der Waals surface area contributed by atoms with E-state index in [9.17, 15) is 4.79 Å². The van der Waals surface area contributed by atoms with E-state index in [4.69, 9.17) is 51.1 Å². The fourth-order valence-electron chi connectivity index (χ4n) is 1.14. The van der Waals surface area contributed by atoms with E-state index in [0.717, 1.165) is 0 Å². The van der Waals surface area contributed by atoms with E-state index < -0.39 is 10.0 Å². The molecule has 1 amide bonds. The molecule has 19 heavy (non-hydrogen) atoms. The largest absolute Gasteiger partial charge is 0.464 e. The lowest BCUT2D eigenvalue weighted by Crippen LogP contribution is -2.49. The van der Waals surface area contributed by atoms with Crippen LogP contribution in [0.4, 0.5) is 0 Å². The monoisotopic (exact) mass is 343 g/mol. The van der Waals surface area contributed by atoms with Crippen LogP contribution in [0, 0.1) is 5.92 Å². The second-order valence-electron chi connectivity index (χ2n) is 4.13. The summed E-state index contributed by atoms with van der Waals surface area (Å²) < 4.78 is 3.66. The first-order valence-electron chi connectivity index (χ1n) is 5.50. The first kappa shape index (κ1) is 16.7. The lowest BCUT2D eigenvalue weighted by Gasteiger charge is -2.27. The number of carbonyl (C=O) groups is 1. The first-order chi connectivity index (χ1) is 8.71. The molecule has 0 fully saturated rings. The number of benzene rings is 1. The van der Waals surface area contributed by atoms with E-state index in [0.29, 0.717) is 10.8 Å². The Hall–Kier alpha value is -0.350. The van der Waals surface area contributed by atoms with Crippen LogP contribution >= 0.6 is 46.4 Å². The van der Waals surface area contributed by atoms with Gasteiger partial charge >= 0.3 is 0 Å². The van der Waals surface area contributed by atoms with Crippen LogP contribution in [0.25, 0.3) is 0 Å². The molecule has 1 N–H and O–H groups in total. The van der Waals surface area contributed by atoms with Crippen molar-refractivity contribution in [2.24, 2.45) is 5.92 Å². The molecule has 0 heterocycles. The fourth-order valence-corrected chi connectivity index (χ4v) is 1.62. The molecule has 7 heteroatoms. The van der Waals surface area contributed by atoms with Crippen LogP contribution in [0.2, 0.25) is 5.02 Å². The van der Waals surface area contributed by atoms with Crippen LogP contribution < -0.4 is 10.1 Å². The number of hydrogen-bond donors (Lipinski definition) is 1. The highest BCUT2D eigenvalue weighted by molar-refractivity contribution is 6.68. The van der Waals surface area contributed by atoms with Gasteiger partial charge in [0, 0.05) is 5.92 Å². The number of rotatable bonds is 4. The van der Waals surface area contributed by atoms with Crippen molar-refractivity contribution >= 4 is 52.3 Å². The Morgan fingerprint density at radius 2 is 1.84 bits per heavy atom. The van der Waals surface area contributed by atoms with Crippen molar-refractivity contribution in [2.75, 3.05) is 0 Å². The van der Waals surface area contributed by atoms with E-state index in [2.05, 4.69) is 5.32 Å². The van der Waals surface area contributed by atoms with Crippen molar-refractivity contribution in [1.82, 2.24) is 5.32 Å². The van der Waals surface area contributed by atoms with Crippen LogP contribution in [-0.2, 0) is 4.79 Å². The normalized spacial score (nSPS) is 13.2. The molecule has 1 aromatic rings. The summed E-state index contributed by atoms with van der Waals surface area (Å²) in [6, 6.07) is 6.72. The summed E-state index contributed by atoms with van der Waals surface area (Å²) in [4.78, 5) is 11.7. The molecule has 0 saturated carbocycles. The molecule has 1 aromatic carbocycles. The maximum Gasteiger partial charge on any atom is 0.246 e. The Kier molecular flexibility index (Phi) is 6.06. The van der Waals surface area contributed by atoms with Gasteiger partial charge in [-0.2, -0.15) is 0 Å². The highest BCUT2D eigenvalue weighted by Crippen LogP contribution is 2.34. The van der Waals surface area contributed by atoms with Crippen LogP contribution in [0.1, 0.15) is 13.8 Å². The zero-order chi connectivity index (χ0) is 14.6. The molecule has 1 rings (SSSR count). The van der Waals surface area contributed by atoms with Crippen molar-refractivity contribution in [1.29, 1.82) is 0 Å². The van der Waals surface area contributed by atoms with Crippen LogP contribution in [0.15, 0.2) is 24.3 Å². The standard InChI is InChI=1S/C12H13Cl4NO2/c1-7(2)10(18)17-11(12(14,15)16)19-9-6-4-3-5-8(9)13/h3-7,11H,1-2H3,(H,17,18)/t11-/m0/s1. The second kappa shape index (κ2) is 6.89. The van der Waals surface area contributed by atoms with Gasteiger partial charge in [0.1, 0.15) is 5.75 Å². The molecule has 0 aliphatic heterocycles. The Morgan fingerprint density at radius 3 is 2.32 bits per heavy atom. The number of alkyl halides is 3. The zero-order valence-electron chi connectivity index (χ0n) is 10.3. The molecule has 0 aliphatic carbocycles. The predicted molar refractivity (Wildman–Crippen MR) is 79.1 cm³/mol. The minimum absolute atomic E-state index is 0.260. The maximum absolute atomic E-state index is 11.7. The first-order valence-corrected chi connectivity index (χ1v) is 7.01. The van der Waals surface area contributed by atoms with Crippen LogP contribution in [0.3, 0.4) is 0 Å². The van der Waals surface area contributed by atoms with Crippen LogP contribution in [-0.4, -0.2) is 15.9 Å². The van der Waals surface area contributed by atoms with Gasteiger partial charge in [-0.25, -0.2) is 0 Å². The van der Waals surface area contributed by atoms with Crippen molar-refractivity contribution in [3.05, 3.63) is 29.3 Å². The van der Waals surface area contributed by atoms with E-state index in [1.165, 1.54) is 0 Å². The third kappa shape index (κ3) is 5.27. The Morgan fingerprint density at radius 1 is 1.26 bits per heavy atom. The molecule has 0 spiro atoms. The highest BCUT2D eigenvalue weighted by Gasteiger charge is 2.36. The lowest BCUT2D eigenvalue weighted by atomic mass is 10.2. The number of hydrogen-bond acceptors (Lipinski definition) is 2. The molecule has 0 aliphatic rings. The Labute approximate surface area is 132 Å². The van der Waals surface area contributed by atoms with Crippen molar-refractivity contribution < 1.29 is 9.53 Å². The van der Waals surface area contributed by atoms with Gasteiger partial charge in [-0.15, -0.1) is 0 Å². The average molecular weight is 345 g/mol. The van der Waals surface area contributed by atoms with Crippen molar-refractivity contribution in [2.45, 2.75) is 23.9 Å². The second-order valence-corrected chi connectivity index (χ2v) is 6.91. The average Bonchev–Trinajstić information content (AvgIpc) is 2.29. The molecule has 0 radical (unpaired) electrons. The van der Waals surface area contributed by atoms with Gasteiger partial charge in [-0.1, -0.05) is 72.4 Å². The number of amides is 1. The highest BCUT2D eigenvalue weighted by atomic mass is 35.6. The Bertz CT molecular complexity index is 446. The zero-order valence-corrected chi connectivity index (χ0v) is 13.3. The minimum Gasteiger partial charge on any atom is -0.464 e. The van der Waals surface area contributed by atoms with E-state index in [1.807, 2.05) is 0 Å². The molecular formula is C12H13Cl4NO2. The van der Waals surface area contributed by atoms with Crippen molar-refractivity contribution in [3.8, 4) is 5.75 Å². The molecule has 0 aromatic heterocycles. The quantitative estimate of drug-likeness (QED) is 0.657.